The van der Waals surface area contributed by atoms with E-state index in [1.54, 1.807) is 6.20 Å². The quantitative estimate of drug-likeness (QED) is 0.902. The maximum absolute atomic E-state index is 5.98. The van der Waals surface area contributed by atoms with Crippen LogP contribution in [-0.4, -0.2) is 18.1 Å². The number of nitrogens with zero attached hydrogens (tertiary/aromatic N) is 2. The molecule has 1 aromatic carbocycles. The lowest BCUT2D eigenvalue weighted by Gasteiger charge is -2.21. The highest BCUT2D eigenvalue weighted by molar-refractivity contribution is 5.56. The van der Waals surface area contributed by atoms with Crippen molar-refractivity contribution in [2.75, 3.05) is 23.7 Å². The van der Waals surface area contributed by atoms with E-state index >= 15 is 0 Å². The monoisotopic (exact) mass is 271 g/mol. The van der Waals surface area contributed by atoms with Gasteiger partial charge < -0.3 is 15.4 Å². The molecule has 0 aliphatic heterocycles. The second-order valence-electron chi connectivity index (χ2n) is 4.62. The highest BCUT2D eigenvalue weighted by Gasteiger charge is 2.08. The smallest absolute Gasteiger partial charge is 0.242 e. The first kappa shape index (κ1) is 14.2. The van der Waals surface area contributed by atoms with Crippen LogP contribution in [0.15, 0.2) is 36.5 Å². The van der Waals surface area contributed by atoms with E-state index in [0.717, 1.165) is 30.1 Å². The minimum atomic E-state index is 0.460. The molecule has 0 aliphatic rings. The molecule has 0 radical (unpaired) electrons. The van der Waals surface area contributed by atoms with Crippen molar-refractivity contribution in [1.29, 1.82) is 0 Å². The Hall–Kier alpha value is -2.23. The first-order valence-electron chi connectivity index (χ1n) is 6.89. The number of anilines is 2. The third kappa shape index (κ3) is 3.02. The van der Waals surface area contributed by atoms with E-state index in [1.165, 1.54) is 0 Å². The Morgan fingerprint density at radius 1 is 1.20 bits per heavy atom. The predicted octanol–water partition coefficient (Wildman–Crippen LogP) is 3.61. The lowest BCUT2D eigenvalue weighted by atomic mass is 10.2. The molecule has 2 aromatic rings. The van der Waals surface area contributed by atoms with Gasteiger partial charge >= 0.3 is 0 Å². The zero-order chi connectivity index (χ0) is 14.5. The number of aromatic nitrogens is 1. The fourth-order valence-electron chi connectivity index (χ4n) is 2.07. The van der Waals surface area contributed by atoms with Gasteiger partial charge in [0.2, 0.25) is 5.88 Å². The first-order valence-corrected chi connectivity index (χ1v) is 6.89. The van der Waals surface area contributed by atoms with Crippen LogP contribution in [0.4, 0.5) is 11.4 Å². The summed E-state index contributed by atoms with van der Waals surface area (Å²) in [4.78, 5) is 6.45. The van der Waals surface area contributed by atoms with Gasteiger partial charge in [-0.1, -0.05) is 6.07 Å². The summed E-state index contributed by atoms with van der Waals surface area (Å²) < 4.78 is 5.81. The average Bonchev–Trinajstić information content (AvgIpc) is 2.46. The SMILES string of the molecule is CCN(CC)c1cccc(Oc2nccc(C)c2N)c1. The van der Waals surface area contributed by atoms with Crippen molar-refractivity contribution in [3.05, 3.63) is 42.1 Å². The Morgan fingerprint density at radius 3 is 2.65 bits per heavy atom. The van der Waals surface area contributed by atoms with Crippen molar-refractivity contribution in [2.45, 2.75) is 20.8 Å². The van der Waals surface area contributed by atoms with E-state index in [9.17, 15) is 0 Å². The molecular weight excluding hydrogens is 250 g/mol. The molecule has 2 rings (SSSR count). The van der Waals surface area contributed by atoms with Gasteiger partial charge in [-0.25, -0.2) is 4.98 Å². The second kappa shape index (κ2) is 6.28. The summed E-state index contributed by atoms with van der Waals surface area (Å²) in [5, 5.41) is 0. The summed E-state index contributed by atoms with van der Waals surface area (Å²) in [5.41, 5.74) is 8.67. The van der Waals surface area contributed by atoms with Crippen molar-refractivity contribution >= 4 is 11.4 Å². The third-order valence-electron chi connectivity index (χ3n) is 3.33. The lowest BCUT2D eigenvalue weighted by molar-refractivity contribution is 0.465. The Labute approximate surface area is 120 Å². The van der Waals surface area contributed by atoms with E-state index in [1.807, 2.05) is 31.2 Å². The molecule has 4 heteroatoms. The van der Waals surface area contributed by atoms with E-state index in [-0.39, 0.29) is 0 Å². The summed E-state index contributed by atoms with van der Waals surface area (Å²) in [6, 6.07) is 9.85. The maximum atomic E-state index is 5.98. The molecule has 0 unspecified atom stereocenters. The van der Waals surface area contributed by atoms with Crippen LogP contribution in [0.5, 0.6) is 11.6 Å². The largest absolute Gasteiger partial charge is 0.437 e. The number of rotatable bonds is 5. The number of benzene rings is 1. The number of pyridine rings is 1. The molecule has 0 amide bonds. The number of hydrogen-bond donors (Lipinski definition) is 1. The molecule has 20 heavy (non-hydrogen) atoms. The van der Waals surface area contributed by atoms with E-state index in [4.69, 9.17) is 10.5 Å². The normalized spacial score (nSPS) is 10.3. The van der Waals surface area contributed by atoms with Crippen molar-refractivity contribution in [2.24, 2.45) is 0 Å². The molecule has 0 bridgehead atoms. The minimum absolute atomic E-state index is 0.460. The molecule has 2 N–H and O–H groups in total. The van der Waals surface area contributed by atoms with Crippen LogP contribution in [0.3, 0.4) is 0 Å². The van der Waals surface area contributed by atoms with Gasteiger partial charge in [0.25, 0.3) is 0 Å². The van der Waals surface area contributed by atoms with Crippen molar-refractivity contribution in [1.82, 2.24) is 4.98 Å². The van der Waals surface area contributed by atoms with Gasteiger partial charge in [0.05, 0.1) is 5.69 Å². The van der Waals surface area contributed by atoms with E-state index < -0.39 is 0 Å². The molecule has 0 aliphatic carbocycles. The zero-order valence-electron chi connectivity index (χ0n) is 12.3. The Kier molecular flexibility index (Phi) is 4.45. The summed E-state index contributed by atoms with van der Waals surface area (Å²) >= 11 is 0. The highest BCUT2D eigenvalue weighted by Crippen LogP contribution is 2.29. The van der Waals surface area contributed by atoms with Crippen molar-refractivity contribution in [3.8, 4) is 11.6 Å². The van der Waals surface area contributed by atoms with Gasteiger partial charge in [-0.15, -0.1) is 0 Å². The van der Waals surface area contributed by atoms with Gasteiger partial charge in [-0.3, -0.25) is 0 Å². The summed E-state index contributed by atoms with van der Waals surface area (Å²) in [6.45, 7) is 8.14. The van der Waals surface area contributed by atoms with Crippen LogP contribution in [0.1, 0.15) is 19.4 Å². The van der Waals surface area contributed by atoms with Gasteiger partial charge in [-0.2, -0.15) is 0 Å². The lowest BCUT2D eigenvalue weighted by Crippen LogP contribution is -2.21. The molecule has 0 saturated heterocycles. The van der Waals surface area contributed by atoms with Gasteiger partial charge in [0.1, 0.15) is 5.75 Å². The molecule has 1 heterocycles. The van der Waals surface area contributed by atoms with Crippen LogP contribution >= 0.6 is 0 Å². The Morgan fingerprint density at radius 2 is 1.95 bits per heavy atom. The highest BCUT2D eigenvalue weighted by atomic mass is 16.5. The Bertz CT molecular complexity index is 580. The van der Waals surface area contributed by atoms with Crippen LogP contribution in [0.25, 0.3) is 0 Å². The molecule has 106 valence electrons. The molecule has 0 spiro atoms. The van der Waals surface area contributed by atoms with Gasteiger partial charge in [-0.05, 0) is 44.5 Å². The standard InChI is InChI=1S/C16H21N3O/c1-4-19(5-2)13-7-6-8-14(11-13)20-16-15(17)12(3)9-10-18-16/h6-11H,4-5,17H2,1-3H3. The fraction of sp³-hybridized carbons (Fsp3) is 0.312. The van der Waals surface area contributed by atoms with Crippen LogP contribution in [0, 0.1) is 6.92 Å². The number of nitrogens with two attached hydrogens (primary N) is 1. The average molecular weight is 271 g/mol. The molecule has 0 saturated carbocycles. The molecule has 0 atom stereocenters. The second-order valence-corrected chi connectivity index (χ2v) is 4.62. The molecular formula is C16H21N3O. The van der Waals surface area contributed by atoms with Gasteiger partial charge in [0, 0.05) is 31.0 Å². The summed E-state index contributed by atoms with van der Waals surface area (Å²) in [6.07, 6.45) is 1.70. The molecule has 1 aromatic heterocycles. The molecule has 0 fully saturated rings. The maximum Gasteiger partial charge on any atom is 0.242 e. The van der Waals surface area contributed by atoms with Crippen LogP contribution < -0.4 is 15.4 Å². The van der Waals surface area contributed by atoms with Crippen LogP contribution in [0.2, 0.25) is 0 Å². The number of nitrogen functional groups attached to an aromatic ring is 1. The summed E-state index contributed by atoms with van der Waals surface area (Å²) in [7, 11) is 0. The zero-order valence-corrected chi connectivity index (χ0v) is 12.3. The topological polar surface area (TPSA) is 51.4 Å². The Balaban J connectivity index is 2.26. The third-order valence-corrected chi connectivity index (χ3v) is 3.33. The van der Waals surface area contributed by atoms with E-state index in [2.05, 4.69) is 29.8 Å². The van der Waals surface area contributed by atoms with Crippen molar-refractivity contribution in [3.63, 3.8) is 0 Å². The minimum Gasteiger partial charge on any atom is -0.437 e. The fourth-order valence-corrected chi connectivity index (χ4v) is 2.07. The van der Waals surface area contributed by atoms with Crippen molar-refractivity contribution < 1.29 is 4.74 Å². The first-order chi connectivity index (χ1) is 9.65. The summed E-state index contributed by atoms with van der Waals surface area (Å²) in [5.74, 6) is 1.21. The van der Waals surface area contributed by atoms with Crippen LogP contribution in [-0.2, 0) is 0 Å². The predicted molar refractivity (Wildman–Crippen MR) is 83.5 cm³/mol. The number of ether oxygens (including phenoxy) is 1. The van der Waals surface area contributed by atoms with E-state index in [0.29, 0.717) is 11.6 Å². The number of hydrogen-bond acceptors (Lipinski definition) is 4. The number of aryl methyl sites for hydroxylation is 1. The molecule has 4 nitrogen and oxygen atoms in total. The van der Waals surface area contributed by atoms with Gasteiger partial charge in [0.15, 0.2) is 0 Å².